The standard InChI is InChI=1S/C17H14O6/c1-8-6-11(21-2)14-12(7-8)23-10-5-4-9(18)13(17(20)22-3)15(10)16(14)19/h4-7,18H,1-3H3. The summed E-state index contributed by atoms with van der Waals surface area (Å²) in [6.07, 6.45) is 0. The van der Waals surface area contributed by atoms with Gasteiger partial charge in [-0.1, -0.05) is 0 Å². The molecule has 0 unspecified atom stereocenters. The molecule has 2 aromatic carbocycles. The molecule has 0 bridgehead atoms. The fourth-order valence-electron chi connectivity index (χ4n) is 2.62. The van der Waals surface area contributed by atoms with Crippen LogP contribution in [0.3, 0.4) is 0 Å². The van der Waals surface area contributed by atoms with Gasteiger partial charge in [-0.25, -0.2) is 4.79 Å². The van der Waals surface area contributed by atoms with Crippen molar-refractivity contribution in [2.75, 3.05) is 14.2 Å². The first kappa shape index (κ1) is 14.9. The van der Waals surface area contributed by atoms with E-state index in [1.54, 1.807) is 12.1 Å². The highest BCUT2D eigenvalue weighted by atomic mass is 16.5. The molecule has 0 fully saturated rings. The molecule has 0 amide bonds. The summed E-state index contributed by atoms with van der Waals surface area (Å²) < 4.78 is 15.7. The predicted molar refractivity (Wildman–Crippen MR) is 84.3 cm³/mol. The van der Waals surface area contributed by atoms with Crippen LogP contribution < -0.4 is 10.2 Å². The molecule has 3 aromatic rings. The van der Waals surface area contributed by atoms with E-state index in [-0.39, 0.29) is 27.7 Å². The number of ether oxygens (including phenoxy) is 2. The third-order valence-corrected chi connectivity index (χ3v) is 3.64. The number of carbonyl (C=O) groups is 1. The molecule has 1 N–H and O–H groups in total. The van der Waals surface area contributed by atoms with Crippen molar-refractivity contribution in [3.63, 3.8) is 0 Å². The number of phenolic OH excluding ortho intramolecular Hbond substituents is 1. The van der Waals surface area contributed by atoms with Gasteiger partial charge < -0.3 is 19.0 Å². The summed E-state index contributed by atoms with van der Waals surface area (Å²) in [5.74, 6) is -0.817. The maximum absolute atomic E-state index is 12.9. The molecular weight excluding hydrogens is 300 g/mol. The van der Waals surface area contributed by atoms with Crippen LogP contribution >= 0.6 is 0 Å². The van der Waals surface area contributed by atoms with E-state index in [0.717, 1.165) is 5.56 Å². The average molecular weight is 314 g/mol. The molecule has 6 nitrogen and oxygen atoms in total. The number of esters is 1. The number of carbonyl (C=O) groups excluding carboxylic acids is 1. The van der Waals surface area contributed by atoms with Crippen LogP contribution in [-0.4, -0.2) is 25.3 Å². The molecule has 1 heterocycles. The molecule has 0 aliphatic rings. The van der Waals surface area contributed by atoms with Gasteiger partial charge in [0.15, 0.2) is 0 Å². The molecule has 0 saturated carbocycles. The van der Waals surface area contributed by atoms with Crippen LogP contribution in [0.4, 0.5) is 0 Å². The van der Waals surface area contributed by atoms with Gasteiger partial charge in [0.1, 0.15) is 33.6 Å². The number of hydrogen-bond donors (Lipinski definition) is 1. The van der Waals surface area contributed by atoms with Crippen molar-refractivity contribution >= 4 is 27.9 Å². The number of rotatable bonds is 2. The SMILES string of the molecule is COC(=O)c1c(O)ccc2oc3cc(C)cc(OC)c3c(=O)c12. The highest BCUT2D eigenvalue weighted by Gasteiger charge is 2.22. The molecule has 6 heteroatoms. The molecule has 23 heavy (non-hydrogen) atoms. The Labute approximate surface area is 130 Å². The number of benzene rings is 2. The van der Waals surface area contributed by atoms with Crippen molar-refractivity contribution in [3.05, 3.63) is 45.6 Å². The van der Waals surface area contributed by atoms with E-state index >= 15 is 0 Å². The molecule has 0 aliphatic carbocycles. The van der Waals surface area contributed by atoms with E-state index < -0.39 is 11.4 Å². The van der Waals surface area contributed by atoms with Gasteiger partial charge in [-0.05, 0) is 36.8 Å². The molecule has 3 rings (SSSR count). The number of methoxy groups -OCH3 is 2. The predicted octanol–water partition coefficient (Wildman–Crippen LogP) is 2.76. The molecule has 0 aliphatic heterocycles. The van der Waals surface area contributed by atoms with Crippen molar-refractivity contribution in [2.45, 2.75) is 6.92 Å². The summed E-state index contributed by atoms with van der Waals surface area (Å²) in [4.78, 5) is 24.9. The Morgan fingerprint density at radius 3 is 2.52 bits per heavy atom. The Hall–Kier alpha value is -3.02. The van der Waals surface area contributed by atoms with Crippen molar-refractivity contribution in [2.24, 2.45) is 0 Å². The zero-order valence-corrected chi connectivity index (χ0v) is 12.8. The van der Waals surface area contributed by atoms with Crippen LogP contribution in [0.15, 0.2) is 33.5 Å². The number of aryl methyl sites for hydroxylation is 1. The molecule has 118 valence electrons. The van der Waals surface area contributed by atoms with Crippen molar-refractivity contribution in [1.82, 2.24) is 0 Å². The van der Waals surface area contributed by atoms with Gasteiger partial charge in [-0.15, -0.1) is 0 Å². The maximum atomic E-state index is 12.9. The van der Waals surface area contributed by atoms with Gasteiger partial charge in [0.05, 0.1) is 19.6 Å². The molecule has 0 spiro atoms. The van der Waals surface area contributed by atoms with E-state index in [0.29, 0.717) is 11.3 Å². The van der Waals surface area contributed by atoms with Crippen LogP contribution in [0.25, 0.3) is 21.9 Å². The maximum Gasteiger partial charge on any atom is 0.342 e. The molecular formula is C17H14O6. The minimum Gasteiger partial charge on any atom is -0.507 e. The van der Waals surface area contributed by atoms with Crippen molar-refractivity contribution in [3.8, 4) is 11.5 Å². The highest BCUT2D eigenvalue weighted by molar-refractivity contribution is 6.08. The third-order valence-electron chi connectivity index (χ3n) is 3.64. The van der Waals surface area contributed by atoms with Gasteiger partial charge >= 0.3 is 5.97 Å². The Kier molecular flexibility index (Phi) is 3.44. The zero-order valence-electron chi connectivity index (χ0n) is 12.8. The first-order valence-electron chi connectivity index (χ1n) is 6.83. The fraction of sp³-hybridized carbons (Fsp3) is 0.176. The van der Waals surface area contributed by atoms with Crippen LogP contribution in [0.2, 0.25) is 0 Å². The van der Waals surface area contributed by atoms with Gasteiger partial charge in [-0.2, -0.15) is 0 Å². The van der Waals surface area contributed by atoms with E-state index in [1.165, 1.54) is 26.4 Å². The van der Waals surface area contributed by atoms with E-state index in [4.69, 9.17) is 9.15 Å². The van der Waals surface area contributed by atoms with Crippen LogP contribution in [0.5, 0.6) is 11.5 Å². The Bertz CT molecular complexity index is 1000. The lowest BCUT2D eigenvalue weighted by atomic mass is 10.0. The Morgan fingerprint density at radius 1 is 1.13 bits per heavy atom. The zero-order chi connectivity index (χ0) is 16.7. The minimum absolute atomic E-state index is 0.0356. The Balaban J connectivity index is 2.58. The van der Waals surface area contributed by atoms with Gasteiger partial charge in [-0.3, -0.25) is 4.79 Å². The van der Waals surface area contributed by atoms with E-state index in [1.807, 2.05) is 6.92 Å². The Morgan fingerprint density at radius 2 is 1.87 bits per heavy atom. The number of fused-ring (bicyclic) bond motifs is 2. The lowest BCUT2D eigenvalue weighted by Crippen LogP contribution is -2.11. The average Bonchev–Trinajstić information content (AvgIpc) is 2.53. The first-order chi connectivity index (χ1) is 11.0. The van der Waals surface area contributed by atoms with Crippen LogP contribution in [0.1, 0.15) is 15.9 Å². The molecule has 1 aromatic heterocycles. The minimum atomic E-state index is -0.814. The summed E-state index contributed by atoms with van der Waals surface area (Å²) in [5, 5.41) is 10.1. The third kappa shape index (κ3) is 2.19. The molecule has 0 radical (unpaired) electrons. The highest BCUT2D eigenvalue weighted by Crippen LogP contribution is 2.31. The summed E-state index contributed by atoms with van der Waals surface area (Å²) >= 11 is 0. The quantitative estimate of drug-likeness (QED) is 0.578. The second-order valence-corrected chi connectivity index (χ2v) is 5.10. The monoisotopic (exact) mass is 314 g/mol. The number of hydrogen-bond acceptors (Lipinski definition) is 6. The second kappa shape index (κ2) is 5.31. The fourth-order valence-corrected chi connectivity index (χ4v) is 2.62. The van der Waals surface area contributed by atoms with E-state index in [2.05, 4.69) is 4.74 Å². The number of phenols is 1. The van der Waals surface area contributed by atoms with Crippen LogP contribution in [-0.2, 0) is 4.74 Å². The molecule has 0 atom stereocenters. The van der Waals surface area contributed by atoms with E-state index in [9.17, 15) is 14.7 Å². The van der Waals surface area contributed by atoms with Gasteiger partial charge in [0.2, 0.25) is 5.43 Å². The van der Waals surface area contributed by atoms with Gasteiger partial charge in [0, 0.05) is 0 Å². The summed E-state index contributed by atoms with van der Waals surface area (Å²) in [6, 6.07) is 6.14. The topological polar surface area (TPSA) is 86.0 Å². The lowest BCUT2D eigenvalue weighted by Gasteiger charge is -2.10. The van der Waals surface area contributed by atoms with Crippen LogP contribution in [0, 0.1) is 6.92 Å². The summed E-state index contributed by atoms with van der Waals surface area (Å²) in [5.41, 5.74) is 0.718. The van der Waals surface area contributed by atoms with Crippen molar-refractivity contribution in [1.29, 1.82) is 0 Å². The molecule has 0 saturated heterocycles. The lowest BCUT2D eigenvalue weighted by molar-refractivity contribution is 0.0599. The second-order valence-electron chi connectivity index (χ2n) is 5.10. The smallest absolute Gasteiger partial charge is 0.342 e. The van der Waals surface area contributed by atoms with Gasteiger partial charge in [0.25, 0.3) is 0 Å². The summed E-state index contributed by atoms with van der Waals surface area (Å²) in [6.45, 7) is 1.85. The van der Waals surface area contributed by atoms with Crippen molar-refractivity contribution < 1.29 is 23.8 Å². The largest absolute Gasteiger partial charge is 0.507 e. The number of aromatic hydroxyl groups is 1. The normalized spacial score (nSPS) is 10.9. The first-order valence-corrected chi connectivity index (χ1v) is 6.83. The summed E-state index contributed by atoms with van der Waals surface area (Å²) in [7, 11) is 2.62.